The van der Waals surface area contributed by atoms with Crippen molar-refractivity contribution in [1.29, 1.82) is 5.26 Å². The largest absolute Gasteiger partial charge is 0.336 e. The van der Waals surface area contributed by atoms with Crippen LogP contribution in [-0.2, 0) is 17.8 Å². The average Bonchev–Trinajstić information content (AvgIpc) is 3.16. The maximum absolute atomic E-state index is 12.9. The summed E-state index contributed by atoms with van der Waals surface area (Å²) in [7, 11) is 0. The quantitative estimate of drug-likeness (QED) is 0.794. The Morgan fingerprint density at radius 2 is 1.92 bits per heavy atom. The van der Waals surface area contributed by atoms with Crippen LogP contribution < -0.4 is 0 Å². The Hall–Kier alpha value is -2.80. The molecule has 0 saturated carbocycles. The van der Waals surface area contributed by atoms with E-state index in [4.69, 9.17) is 0 Å². The predicted molar refractivity (Wildman–Crippen MR) is 96.3 cm³/mol. The summed E-state index contributed by atoms with van der Waals surface area (Å²) in [4.78, 5) is 16.4. The average molecular weight is 331 g/mol. The molecule has 126 valence electrons. The minimum Gasteiger partial charge on any atom is -0.336 e. The number of likely N-dealkylation sites (tertiary alicyclic amines) is 1. The van der Waals surface area contributed by atoms with Crippen molar-refractivity contribution in [2.24, 2.45) is 0 Å². The molecule has 1 amide bonds. The lowest BCUT2D eigenvalue weighted by molar-refractivity contribution is -0.136. The van der Waals surface area contributed by atoms with E-state index < -0.39 is 0 Å². The van der Waals surface area contributed by atoms with E-state index in [0.717, 1.165) is 25.8 Å². The van der Waals surface area contributed by atoms with Crippen LogP contribution in [0.3, 0.4) is 0 Å². The molecule has 2 aliphatic heterocycles. The van der Waals surface area contributed by atoms with Crippen LogP contribution in [0.15, 0.2) is 48.5 Å². The van der Waals surface area contributed by atoms with E-state index >= 15 is 0 Å². The van der Waals surface area contributed by atoms with Crippen molar-refractivity contribution in [3.63, 3.8) is 0 Å². The minimum atomic E-state index is -0.260. The van der Waals surface area contributed by atoms with Gasteiger partial charge in [-0.3, -0.25) is 9.69 Å². The zero-order chi connectivity index (χ0) is 17.2. The van der Waals surface area contributed by atoms with Gasteiger partial charge in [-0.05, 0) is 41.5 Å². The van der Waals surface area contributed by atoms with Gasteiger partial charge in [0.05, 0.1) is 0 Å². The van der Waals surface area contributed by atoms with Crippen molar-refractivity contribution in [3.8, 4) is 17.3 Å². The summed E-state index contributed by atoms with van der Waals surface area (Å²) >= 11 is 0. The number of carbonyl (C=O) groups excluding carboxylic acids is 1. The number of benzene rings is 2. The highest BCUT2D eigenvalue weighted by Crippen LogP contribution is 2.31. The maximum Gasteiger partial charge on any atom is 0.246 e. The van der Waals surface area contributed by atoms with Gasteiger partial charge in [-0.25, -0.2) is 0 Å². The fraction of sp³-hybridized carbons (Fsp3) is 0.333. The zero-order valence-electron chi connectivity index (χ0n) is 14.2. The van der Waals surface area contributed by atoms with Crippen molar-refractivity contribution in [2.75, 3.05) is 13.1 Å². The fourth-order valence-electron chi connectivity index (χ4n) is 4.04. The van der Waals surface area contributed by atoms with Crippen LogP contribution in [0.2, 0.25) is 0 Å². The smallest absolute Gasteiger partial charge is 0.246 e. The third-order valence-electron chi connectivity index (χ3n) is 5.33. The number of rotatable bonds is 2. The van der Waals surface area contributed by atoms with Crippen LogP contribution in [0.4, 0.5) is 0 Å². The first-order valence-corrected chi connectivity index (χ1v) is 8.89. The number of nitrogens with zero attached hydrogens (tertiary/aromatic N) is 3. The van der Waals surface area contributed by atoms with Crippen molar-refractivity contribution in [3.05, 3.63) is 59.7 Å². The van der Waals surface area contributed by atoms with Crippen LogP contribution in [0.1, 0.15) is 24.0 Å². The molecule has 2 heterocycles. The van der Waals surface area contributed by atoms with Crippen molar-refractivity contribution < 1.29 is 4.79 Å². The maximum atomic E-state index is 12.9. The Labute approximate surface area is 148 Å². The molecule has 2 aromatic carbocycles. The second-order valence-electron chi connectivity index (χ2n) is 6.77. The number of amides is 1. The lowest BCUT2D eigenvalue weighted by Gasteiger charge is -2.33. The fourth-order valence-corrected chi connectivity index (χ4v) is 4.04. The second kappa shape index (κ2) is 6.60. The van der Waals surface area contributed by atoms with Gasteiger partial charge < -0.3 is 4.90 Å². The van der Waals surface area contributed by atoms with E-state index in [9.17, 15) is 10.1 Å². The lowest BCUT2D eigenvalue weighted by Crippen LogP contribution is -2.46. The summed E-state index contributed by atoms with van der Waals surface area (Å²) in [5, 5.41) is 9.21. The van der Waals surface area contributed by atoms with Crippen LogP contribution in [0.5, 0.6) is 0 Å². The molecule has 1 fully saturated rings. The van der Waals surface area contributed by atoms with Gasteiger partial charge >= 0.3 is 0 Å². The van der Waals surface area contributed by atoms with E-state index in [1.165, 1.54) is 22.3 Å². The number of hydrogen-bond acceptors (Lipinski definition) is 3. The molecule has 4 rings (SSSR count). The van der Waals surface area contributed by atoms with Gasteiger partial charge in [0.1, 0.15) is 6.04 Å². The Kier molecular flexibility index (Phi) is 4.15. The highest BCUT2D eigenvalue weighted by atomic mass is 16.2. The molecule has 0 unspecified atom stereocenters. The first kappa shape index (κ1) is 15.7. The second-order valence-corrected chi connectivity index (χ2v) is 6.77. The topological polar surface area (TPSA) is 47.3 Å². The lowest BCUT2D eigenvalue weighted by atomic mass is 9.90. The summed E-state index contributed by atoms with van der Waals surface area (Å²) in [5.41, 5.74) is 5.07. The number of fused-ring (bicyclic) bond motifs is 1. The summed E-state index contributed by atoms with van der Waals surface area (Å²) in [6.07, 6.45) is 4.75. The van der Waals surface area contributed by atoms with Crippen LogP contribution in [0, 0.1) is 11.5 Å². The van der Waals surface area contributed by atoms with Crippen LogP contribution in [-0.4, -0.2) is 34.8 Å². The molecule has 2 aromatic rings. The highest BCUT2D eigenvalue weighted by Gasteiger charge is 2.34. The monoisotopic (exact) mass is 331 g/mol. The van der Waals surface area contributed by atoms with Gasteiger partial charge in [-0.15, -0.1) is 0 Å². The number of nitriles is 1. The van der Waals surface area contributed by atoms with E-state index in [2.05, 4.69) is 48.7 Å². The molecule has 0 bridgehead atoms. The molecule has 0 N–H and O–H groups in total. The minimum absolute atomic E-state index is 0.106. The molecule has 4 nitrogen and oxygen atoms in total. The van der Waals surface area contributed by atoms with Gasteiger partial charge in [0, 0.05) is 19.6 Å². The van der Waals surface area contributed by atoms with E-state index in [0.29, 0.717) is 13.1 Å². The third kappa shape index (κ3) is 2.87. The van der Waals surface area contributed by atoms with Gasteiger partial charge in [0.25, 0.3) is 0 Å². The SMILES string of the molecule is N#CN1CCC[C@H]1C(=O)N1CCc2c(cccc2-c2ccccc2)C1. The zero-order valence-corrected chi connectivity index (χ0v) is 14.2. The molecule has 0 radical (unpaired) electrons. The first-order valence-electron chi connectivity index (χ1n) is 8.89. The van der Waals surface area contributed by atoms with Crippen molar-refractivity contribution >= 4 is 5.91 Å². The number of carbonyl (C=O) groups is 1. The van der Waals surface area contributed by atoms with E-state index in [1.54, 1.807) is 4.90 Å². The van der Waals surface area contributed by atoms with Gasteiger partial charge in [0.15, 0.2) is 6.19 Å². The highest BCUT2D eigenvalue weighted by molar-refractivity contribution is 5.83. The van der Waals surface area contributed by atoms with Crippen LogP contribution >= 0.6 is 0 Å². The van der Waals surface area contributed by atoms with Gasteiger partial charge in [-0.2, -0.15) is 5.26 Å². The molecular formula is C21H21N3O. The Bertz CT molecular complexity index is 825. The van der Waals surface area contributed by atoms with Crippen molar-refractivity contribution in [1.82, 2.24) is 9.80 Å². The predicted octanol–water partition coefficient (Wildman–Crippen LogP) is 3.18. The van der Waals surface area contributed by atoms with E-state index in [-0.39, 0.29) is 11.9 Å². The summed E-state index contributed by atoms with van der Waals surface area (Å²) < 4.78 is 0. The Morgan fingerprint density at radius 3 is 2.72 bits per heavy atom. The third-order valence-corrected chi connectivity index (χ3v) is 5.33. The van der Waals surface area contributed by atoms with Gasteiger partial charge in [0.2, 0.25) is 5.91 Å². The summed E-state index contributed by atoms with van der Waals surface area (Å²) in [6, 6.07) is 16.5. The van der Waals surface area contributed by atoms with Gasteiger partial charge in [-0.1, -0.05) is 48.5 Å². The molecule has 2 aliphatic rings. The number of hydrogen-bond donors (Lipinski definition) is 0. The van der Waals surface area contributed by atoms with Crippen molar-refractivity contribution in [2.45, 2.75) is 31.8 Å². The molecule has 0 aliphatic carbocycles. The molecule has 1 saturated heterocycles. The molecule has 0 spiro atoms. The standard InChI is InChI=1S/C21H21N3O/c22-15-24-12-5-10-20(24)21(25)23-13-11-19-17(14-23)8-4-9-18(19)16-6-2-1-3-7-16/h1-4,6-9,20H,5,10-14H2/t20-/m0/s1. The van der Waals surface area contributed by atoms with Crippen LogP contribution in [0.25, 0.3) is 11.1 Å². The Balaban J connectivity index is 1.58. The Morgan fingerprint density at radius 1 is 1.08 bits per heavy atom. The first-order chi connectivity index (χ1) is 12.3. The summed E-state index contributed by atoms with van der Waals surface area (Å²) in [6.45, 7) is 2.07. The summed E-state index contributed by atoms with van der Waals surface area (Å²) in [5.74, 6) is 0.106. The molecule has 25 heavy (non-hydrogen) atoms. The molecule has 4 heteroatoms. The van der Waals surface area contributed by atoms with E-state index in [1.807, 2.05) is 11.0 Å². The molecular weight excluding hydrogens is 310 g/mol. The molecule has 0 aromatic heterocycles. The molecule has 1 atom stereocenters. The normalized spacial score (nSPS) is 19.4.